The van der Waals surface area contributed by atoms with Crippen LogP contribution in [0, 0.1) is 5.92 Å². The summed E-state index contributed by atoms with van der Waals surface area (Å²) in [6.45, 7) is 6.73. The van der Waals surface area contributed by atoms with Gasteiger partial charge in [-0.15, -0.1) is 0 Å². The average Bonchev–Trinajstić information content (AvgIpc) is 2.00. The third kappa shape index (κ3) is 2.46. The number of hydrogen-bond donors (Lipinski definition) is 2. The molecule has 1 aliphatic rings. The van der Waals surface area contributed by atoms with E-state index in [1.165, 1.54) is 6.42 Å². The highest BCUT2D eigenvalue weighted by atomic mass is 16.3. The number of aliphatic hydroxyl groups excluding tert-OH is 1. The van der Waals surface area contributed by atoms with Gasteiger partial charge in [-0.25, -0.2) is 0 Å². The Morgan fingerprint density at radius 1 is 1.42 bits per heavy atom. The maximum atomic E-state index is 9.09. The predicted octanol–water partition coefficient (Wildman–Crippen LogP) is 1.53. The predicted molar refractivity (Wildman–Crippen MR) is 51.1 cm³/mol. The lowest BCUT2D eigenvalue weighted by molar-refractivity contribution is 0.0554. The highest BCUT2D eigenvalue weighted by Crippen LogP contribution is 2.21. The third-order valence-corrected chi connectivity index (χ3v) is 3.11. The lowest BCUT2D eigenvalue weighted by Gasteiger charge is -2.36. The van der Waals surface area contributed by atoms with Crippen LogP contribution in [0.25, 0.3) is 0 Å². The van der Waals surface area contributed by atoms with Crippen LogP contribution in [0.5, 0.6) is 0 Å². The van der Waals surface area contributed by atoms with Crippen molar-refractivity contribution in [1.29, 1.82) is 0 Å². The van der Waals surface area contributed by atoms with Crippen molar-refractivity contribution in [3.63, 3.8) is 0 Å². The fraction of sp³-hybridized carbons (Fsp3) is 1.00. The Morgan fingerprint density at radius 2 is 2.00 bits per heavy atom. The molecule has 2 N–H and O–H groups in total. The lowest BCUT2D eigenvalue weighted by atomic mass is 9.87. The first-order valence-corrected chi connectivity index (χ1v) is 5.07. The number of aliphatic hydroxyl groups is 1. The van der Waals surface area contributed by atoms with Crippen LogP contribution in [-0.4, -0.2) is 23.3 Å². The fourth-order valence-electron chi connectivity index (χ4n) is 1.61. The van der Waals surface area contributed by atoms with Gasteiger partial charge in [0.25, 0.3) is 0 Å². The quantitative estimate of drug-likeness (QED) is 0.672. The van der Waals surface area contributed by atoms with E-state index >= 15 is 0 Å². The van der Waals surface area contributed by atoms with E-state index in [4.69, 9.17) is 5.11 Å². The van der Waals surface area contributed by atoms with Gasteiger partial charge in [-0.05, 0) is 25.7 Å². The van der Waals surface area contributed by atoms with Gasteiger partial charge in [0, 0.05) is 12.1 Å². The molecule has 2 atom stereocenters. The zero-order valence-electron chi connectivity index (χ0n) is 8.38. The van der Waals surface area contributed by atoms with Crippen molar-refractivity contribution in [3.05, 3.63) is 0 Å². The summed E-state index contributed by atoms with van der Waals surface area (Å²) in [6.07, 6.45) is 3.08. The lowest BCUT2D eigenvalue weighted by Crippen LogP contribution is -2.49. The summed E-state index contributed by atoms with van der Waals surface area (Å²) in [5.41, 5.74) is 0. The van der Waals surface area contributed by atoms with Crippen LogP contribution in [0.3, 0.4) is 0 Å². The van der Waals surface area contributed by atoms with Crippen molar-refractivity contribution in [2.45, 2.75) is 58.2 Å². The minimum atomic E-state index is -0.0355. The van der Waals surface area contributed by atoms with E-state index in [2.05, 4.69) is 26.1 Å². The first kappa shape index (κ1) is 10.0. The van der Waals surface area contributed by atoms with Gasteiger partial charge in [-0.1, -0.05) is 20.3 Å². The molecular formula is C10H21NO. The summed E-state index contributed by atoms with van der Waals surface area (Å²) >= 11 is 0. The molecule has 1 saturated carbocycles. The van der Waals surface area contributed by atoms with Gasteiger partial charge in [0.1, 0.15) is 0 Å². The highest BCUT2D eigenvalue weighted by molar-refractivity contribution is 4.87. The second-order valence-electron chi connectivity index (χ2n) is 4.16. The Labute approximate surface area is 75.4 Å². The largest absolute Gasteiger partial charge is 0.393 e. The molecule has 0 bridgehead atoms. The van der Waals surface area contributed by atoms with Crippen molar-refractivity contribution in [1.82, 2.24) is 5.32 Å². The van der Waals surface area contributed by atoms with Gasteiger partial charge in [0.05, 0.1) is 6.10 Å². The van der Waals surface area contributed by atoms with Gasteiger partial charge in [0.15, 0.2) is 0 Å². The normalized spacial score (nSPS) is 34.0. The summed E-state index contributed by atoms with van der Waals surface area (Å²) in [4.78, 5) is 0. The summed E-state index contributed by atoms with van der Waals surface area (Å²) in [7, 11) is 0. The zero-order valence-corrected chi connectivity index (χ0v) is 8.38. The topological polar surface area (TPSA) is 32.3 Å². The van der Waals surface area contributed by atoms with E-state index in [-0.39, 0.29) is 6.10 Å². The van der Waals surface area contributed by atoms with Crippen molar-refractivity contribution < 1.29 is 5.11 Å². The van der Waals surface area contributed by atoms with E-state index in [9.17, 15) is 0 Å². The van der Waals surface area contributed by atoms with Crippen LogP contribution in [0.2, 0.25) is 0 Å². The molecule has 1 rings (SSSR count). The molecular weight excluding hydrogens is 150 g/mol. The van der Waals surface area contributed by atoms with Crippen LogP contribution in [0.15, 0.2) is 0 Å². The second kappa shape index (κ2) is 4.24. The number of rotatable bonds is 4. The molecule has 72 valence electrons. The second-order valence-corrected chi connectivity index (χ2v) is 4.16. The van der Waals surface area contributed by atoms with Crippen molar-refractivity contribution in [3.8, 4) is 0 Å². The molecule has 0 amide bonds. The summed E-state index contributed by atoms with van der Waals surface area (Å²) < 4.78 is 0. The van der Waals surface area contributed by atoms with E-state index in [0.717, 1.165) is 18.8 Å². The van der Waals surface area contributed by atoms with Crippen LogP contribution in [0.1, 0.15) is 40.0 Å². The summed E-state index contributed by atoms with van der Waals surface area (Å²) in [5.74, 6) is 0.739. The molecule has 0 aliphatic heterocycles. The zero-order chi connectivity index (χ0) is 9.14. The first-order chi connectivity index (χ1) is 5.63. The van der Waals surface area contributed by atoms with Crippen LogP contribution in [-0.2, 0) is 0 Å². The Hall–Kier alpha value is -0.0800. The summed E-state index contributed by atoms with van der Waals surface area (Å²) in [6, 6.07) is 1.16. The first-order valence-electron chi connectivity index (χ1n) is 5.07. The van der Waals surface area contributed by atoms with Gasteiger partial charge in [0.2, 0.25) is 0 Å². The van der Waals surface area contributed by atoms with Gasteiger partial charge >= 0.3 is 0 Å². The molecule has 0 spiro atoms. The monoisotopic (exact) mass is 171 g/mol. The van der Waals surface area contributed by atoms with Crippen molar-refractivity contribution in [2.75, 3.05) is 0 Å². The molecule has 0 radical (unpaired) electrons. The van der Waals surface area contributed by atoms with Gasteiger partial charge in [-0.3, -0.25) is 0 Å². The molecule has 0 saturated heterocycles. The molecule has 0 aromatic heterocycles. The van der Waals surface area contributed by atoms with E-state index < -0.39 is 0 Å². The van der Waals surface area contributed by atoms with Gasteiger partial charge in [-0.2, -0.15) is 0 Å². The number of hydrogen-bond acceptors (Lipinski definition) is 2. The molecule has 1 fully saturated rings. The minimum absolute atomic E-state index is 0.0355. The molecule has 0 aromatic carbocycles. The van der Waals surface area contributed by atoms with E-state index in [1.807, 2.05) is 0 Å². The van der Waals surface area contributed by atoms with E-state index in [0.29, 0.717) is 12.1 Å². The van der Waals surface area contributed by atoms with Crippen molar-refractivity contribution in [2.24, 2.45) is 5.92 Å². The Balaban J connectivity index is 2.14. The summed E-state index contributed by atoms with van der Waals surface area (Å²) in [5, 5.41) is 12.6. The average molecular weight is 171 g/mol. The molecule has 1 aliphatic carbocycles. The molecule has 0 aromatic rings. The fourth-order valence-corrected chi connectivity index (χ4v) is 1.61. The SMILES string of the molecule is CCC(C)C(C)NC1CC(O)C1. The maximum absolute atomic E-state index is 9.09. The Bertz CT molecular complexity index is 132. The van der Waals surface area contributed by atoms with E-state index in [1.54, 1.807) is 0 Å². The standard InChI is InChI=1S/C10H21NO/c1-4-7(2)8(3)11-9-5-10(12)6-9/h7-12H,4-6H2,1-3H3. The molecule has 2 heteroatoms. The smallest absolute Gasteiger partial charge is 0.0570 e. The Kier molecular flexibility index (Phi) is 3.53. The molecule has 12 heavy (non-hydrogen) atoms. The molecule has 2 nitrogen and oxygen atoms in total. The molecule has 0 heterocycles. The van der Waals surface area contributed by atoms with Crippen LogP contribution < -0.4 is 5.32 Å². The highest BCUT2D eigenvalue weighted by Gasteiger charge is 2.28. The van der Waals surface area contributed by atoms with Crippen LogP contribution >= 0.6 is 0 Å². The molecule has 2 unspecified atom stereocenters. The van der Waals surface area contributed by atoms with Crippen molar-refractivity contribution >= 4 is 0 Å². The third-order valence-electron chi connectivity index (χ3n) is 3.11. The number of nitrogens with one attached hydrogen (secondary N) is 1. The van der Waals surface area contributed by atoms with Crippen LogP contribution in [0.4, 0.5) is 0 Å². The Morgan fingerprint density at radius 3 is 2.42 bits per heavy atom. The van der Waals surface area contributed by atoms with Gasteiger partial charge < -0.3 is 10.4 Å². The minimum Gasteiger partial charge on any atom is -0.393 e. The maximum Gasteiger partial charge on any atom is 0.0570 e.